The van der Waals surface area contributed by atoms with E-state index in [9.17, 15) is 13.9 Å². The molecule has 0 bridgehead atoms. The van der Waals surface area contributed by atoms with E-state index in [1.807, 2.05) is 0 Å². The fraction of sp³-hybridized carbons (Fsp3) is 0.500. The summed E-state index contributed by atoms with van der Waals surface area (Å²) in [5, 5.41) is 9.71. The Morgan fingerprint density at radius 2 is 2.12 bits per heavy atom. The third-order valence-electron chi connectivity index (χ3n) is 2.92. The molecule has 88 valence electrons. The van der Waals surface area contributed by atoms with Crippen LogP contribution in [0.15, 0.2) is 18.2 Å². The van der Waals surface area contributed by atoms with Crippen LogP contribution in [0.25, 0.3) is 0 Å². The van der Waals surface area contributed by atoms with E-state index in [1.165, 1.54) is 6.07 Å². The zero-order valence-electron chi connectivity index (χ0n) is 8.83. The van der Waals surface area contributed by atoms with Gasteiger partial charge in [-0.3, -0.25) is 0 Å². The van der Waals surface area contributed by atoms with Crippen molar-refractivity contribution in [1.29, 1.82) is 0 Å². The van der Waals surface area contributed by atoms with Crippen LogP contribution in [0.3, 0.4) is 0 Å². The minimum Gasteiger partial charge on any atom is -0.393 e. The lowest BCUT2D eigenvalue weighted by Crippen LogP contribution is -2.33. The van der Waals surface area contributed by atoms with E-state index < -0.39 is 17.7 Å². The molecule has 1 saturated heterocycles. The first-order valence-corrected chi connectivity index (χ1v) is 5.36. The van der Waals surface area contributed by atoms with Crippen LogP contribution in [0.4, 0.5) is 8.78 Å². The summed E-state index contributed by atoms with van der Waals surface area (Å²) < 4.78 is 30.9. The molecule has 0 saturated carbocycles. The highest BCUT2D eigenvalue weighted by molar-refractivity contribution is 5.18. The highest BCUT2D eigenvalue weighted by atomic mass is 19.2. The van der Waals surface area contributed by atoms with Gasteiger partial charge < -0.3 is 9.84 Å². The Morgan fingerprint density at radius 3 is 2.81 bits per heavy atom. The molecule has 2 atom stereocenters. The van der Waals surface area contributed by atoms with Gasteiger partial charge in [0.1, 0.15) is 0 Å². The number of ether oxygens (including phenoxy) is 1. The lowest BCUT2D eigenvalue weighted by Gasteiger charge is -2.27. The molecule has 2 unspecified atom stereocenters. The van der Waals surface area contributed by atoms with Crippen LogP contribution in [-0.2, 0) is 11.2 Å². The van der Waals surface area contributed by atoms with E-state index in [4.69, 9.17) is 4.74 Å². The molecule has 1 aromatic rings. The van der Waals surface area contributed by atoms with Crippen LogP contribution in [0.2, 0.25) is 0 Å². The van der Waals surface area contributed by atoms with E-state index in [0.717, 1.165) is 6.07 Å². The maximum Gasteiger partial charge on any atom is 0.159 e. The Morgan fingerprint density at radius 1 is 1.31 bits per heavy atom. The fourth-order valence-corrected chi connectivity index (χ4v) is 1.95. The molecular formula is C12H14F2O2. The zero-order valence-corrected chi connectivity index (χ0v) is 8.83. The van der Waals surface area contributed by atoms with Crippen LogP contribution >= 0.6 is 0 Å². The summed E-state index contributed by atoms with van der Waals surface area (Å²) in [5.41, 5.74) is 0.688. The molecule has 0 amide bonds. The first-order chi connectivity index (χ1) is 7.66. The maximum atomic E-state index is 13.0. The van der Waals surface area contributed by atoms with Crippen LogP contribution < -0.4 is 0 Å². The molecule has 0 aromatic heterocycles. The Labute approximate surface area is 92.9 Å². The van der Waals surface area contributed by atoms with Crippen molar-refractivity contribution in [3.8, 4) is 0 Å². The van der Waals surface area contributed by atoms with Crippen molar-refractivity contribution in [3.63, 3.8) is 0 Å². The minimum atomic E-state index is -0.844. The molecule has 1 heterocycles. The summed E-state index contributed by atoms with van der Waals surface area (Å²) in [5.74, 6) is -1.72. The first-order valence-electron chi connectivity index (χ1n) is 5.36. The SMILES string of the molecule is OC1CCOCC1Cc1ccc(F)c(F)c1. The van der Waals surface area contributed by atoms with E-state index in [0.29, 0.717) is 31.6 Å². The van der Waals surface area contributed by atoms with Gasteiger partial charge >= 0.3 is 0 Å². The van der Waals surface area contributed by atoms with Gasteiger partial charge in [0.2, 0.25) is 0 Å². The summed E-state index contributed by atoms with van der Waals surface area (Å²) in [6.07, 6.45) is 0.703. The van der Waals surface area contributed by atoms with Gasteiger partial charge in [-0.15, -0.1) is 0 Å². The number of aliphatic hydroxyl groups is 1. The molecule has 16 heavy (non-hydrogen) atoms. The van der Waals surface area contributed by atoms with E-state index in [1.54, 1.807) is 6.07 Å². The van der Waals surface area contributed by atoms with Crippen molar-refractivity contribution >= 4 is 0 Å². The standard InChI is InChI=1S/C12H14F2O2/c13-10-2-1-8(6-11(10)14)5-9-7-16-4-3-12(9)15/h1-2,6,9,12,15H,3-5,7H2. The monoisotopic (exact) mass is 228 g/mol. The second kappa shape index (κ2) is 4.89. The molecule has 1 N–H and O–H groups in total. The molecule has 1 aliphatic rings. The van der Waals surface area contributed by atoms with Crippen LogP contribution in [0.5, 0.6) is 0 Å². The predicted octanol–water partition coefficient (Wildman–Crippen LogP) is 1.90. The van der Waals surface area contributed by atoms with Gasteiger partial charge in [-0.1, -0.05) is 6.07 Å². The summed E-state index contributed by atoms with van der Waals surface area (Å²) >= 11 is 0. The molecule has 2 nitrogen and oxygen atoms in total. The van der Waals surface area contributed by atoms with Crippen LogP contribution in [0.1, 0.15) is 12.0 Å². The van der Waals surface area contributed by atoms with E-state index in [2.05, 4.69) is 0 Å². The van der Waals surface area contributed by atoms with Crippen LogP contribution in [0, 0.1) is 17.6 Å². The summed E-state index contributed by atoms with van der Waals surface area (Å²) in [6, 6.07) is 3.83. The van der Waals surface area contributed by atoms with Crippen molar-refractivity contribution in [3.05, 3.63) is 35.4 Å². The quantitative estimate of drug-likeness (QED) is 0.837. The lowest BCUT2D eigenvalue weighted by molar-refractivity contribution is -0.0350. The highest BCUT2D eigenvalue weighted by Crippen LogP contribution is 2.20. The van der Waals surface area contributed by atoms with Gasteiger partial charge in [0.25, 0.3) is 0 Å². The number of aliphatic hydroxyl groups excluding tert-OH is 1. The third kappa shape index (κ3) is 2.57. The molecule has 1 aliphatic heterocycles. The summed E-state index contributed by atoms with van der Waals surface area (Å²) in [4.78, 5) is 0. The summed E-state index contributed by atoms with van der Waals surface area (Å²) in [6.45, 7) is 1.04. The van der Waals surface area contributed by atoms with Crippen molar-refractivity contribution < 1.29 is 18.6 Å². The minimum absolute atomic E-state index is 0.0291. The van der Waals surface area contributed by atoms with Gasteiger partial charge in [0.05, 0.1) is 12.7 Å². The normalized spacial score (nSPS) is 25.7. The molecule has 0 spiro atoms. The van der Waals surface area contributed by atoms with Crippen molar-refractivity contribution in [2.24, 2.45) is 5.92 Å². The average Bonchev–Trinajstić information content (AvgIpc) is 2.27. The van der Waals surface area contributed by atoms with Gasteiger partial charge in [-0.05, 0) is 30.5 Å². The molecule has 4 heteroatoms. The Bertz CT molecular complexity index is 368. The van der Waals surface area contributed by atoms with Crippen molar-refractivity contribution in [2.45, 2.75) is 18.9 Å². The van der Waals surface area contributed by atoms with E-state index >= 15 is 0 Å². The molecule has 1 fully saturated rings. The number of hydrogen-bond donors (Lipinski definition) is 1. The third-order valence-corrected chi connectivity index (χ3v) is 2.92. The van der Waals surface area contributed by atoms with Gasteiger partial charge in [0, 0.05) is 12.5 Å². The van der Waals surface area contributed by atoms with Gasteiger partial charge in [-0.25, -0.2) is 8.78 Å². The fourth-order valence-electron chi connectivity index (χ4n) is 1.95. The zero-order chi connectivity index (χ0) is 11.5. The largest absolute Gasteiger partial charge is 0.393 e. The second-order valence-corrected chi connectivity index (χ2v) is 4.14. The number of rotatable bonds is 2. The number of halogens is 2. The topological polar surface area (TPSA) is 29.5 Å². The average molecular weight is 228 g/mol. The maximum absolute atomic E-state index is 13.0. The van der Waals surface area contributed by atoms with E-state index in [-0.39, 0.29) is 5.92 Å². The molecule has 0 aliphatic carbocycles. The Kier molecular flexibility index (Phi) is 3.51. The predicted molar refractivity (Wildman–Crippen MR) is 55.0 cm³/mol. The Hall–Kier alpha value is -1.00. The molecule has 0 radical (unpaired) electrons. The first kappa shape index (κ1) is 11.5. The number of hydrogen-bond acceptors (Lipinski definition) is 2. The van der Waals surface area contributed by atoms with Gasteiger partial charge in [-0.2, -0.15) is 0 Å². The number of benzene rings is 1. The molecule has 1 aromatic carbocycles. The smallest absolute Gasteiger partial charge is 0.159 e. The Balaban J connectivity index is 2.05. The van der Waals surface area contributed by atoms with Crippen molar-refractivity contribution in [1.82, 2.24) is 0 Å². The lowest BCUT2D eigenvalue weighted by atomic mass is 9.91. The van der Waals surface area contributed by atoms with Crippen LogP contribution in [-0.4, -0.2) is 24.4 Å². The van der Waals surface area contributed by atoms with Crippen molar-refractivity contribution in [2.75, 3.05) is 13.2 Å². The second-order valence-electron chi connectivity index (χ2n) is 4.14. The summed E-state index contributed by atoms with van der Waals surface area (Å²) in [7, 11) is 0. The molecular weight excluding hydrogens is 214 g/mol. The highest BCUT2D eigenvalue weighted by Gasteiger charge is 2.24. The van der Waals surface area contributed by atoms with Gasteiger partial charge in [0.15, 0.2) is 11.6 Å². The molecule has 2 rings (SSSR count).